The third-order valence-electron chi connectivity index (χ3n) is 1.98. The molecule has 0 radical (unpaired) electrons. The Morgan fingerprint density at radius 2 is 2.31 bits per heavy atom. The van der Waals surface area contributed by atoms with E-state index in [0.717, 1.165) is 27.2 Å². The largest absolute Gasteiger partial charge is 0.469 e. The van der Waals surface area contributed by atoms with Crippen molar-refractivity contribution in [2.75, 3.05) is 18.6 Å². The first kappa shape index (κ1) is 13.4. The third-order valence-corrected chi connectivity index (χ3v) is 3.65. The minimum atomic E-state index is -0.163. The van der Waals surface area contributed by atoms with Crippen LogP contribution < -0.4 is 5.73 Å². The molecule has 0 aliphatic heterocycles. The SMILES string of the molecule is COC(=O)CCCSc1ccc(Br)cc1N. The highest BCUT2D eigenvalue weighted by molar-refractivity contribution is 9.10. The van der Waals surface area contributed by atoms with E-state index in [1.54, 1.807) is 11.8 Å². The molecule has 1 aromatic rings. The summed E-state index contributed by atoms with van der Waals surface area (Å²) in [7, 11) is 1.40. The van der Waals surface area contributed by atoms with Crippen molar-refractivity contribution >= 4 is 39.3 Å². The van der Waals surface area contributed by atoms with Crippen molar-refractivity contribution in [2.24, 2.45) is 0 Å². The number of thioether (sulfide) groups is 1. The number of benzene rings is 1. The normalized spacial score (nSPS) is 10.1. The number of esters is 1. The van der Waals surface area contributed by atoms with E-state index >= 15 is 0 Å². The van der Waals surface area contributed by atoms with E-state index in [2.05, 4.69) is 20.7 Å². The quantitative estimate of drug-likeness (QED) is 0.393. The van der Waals surface area contributed by atoms with Crippen LogP contribution in [0, 0.1) is 0 Å². The van der Waals surface area contributed by atoms with Gasteiger partial charge in [-0.1, -0.05) is 15.9 Å². The van der Waals surface area contributed by atoms with Crippen LogP contribution in [0.1, 0.15) is 12.8 Å². The van der Waals surface area contributed by atoms with Crippen molar-refractivity contribution in [3.8, 4) is 0 Å². The Kier molecular flexibility index (Phi) is 5.69. The van der Waals surface area contributed by atoms with Gasteiger partial charge in [0.2, 0.25) is 0 Å². The lowest BCUT2D eigenvalue weighted by Crippen LogP contribution is -2.00. The zero-order valence-corrected chi connectivity index (χ0v) is 11.4. The fraction of sp³-hybridized carbons (Fsp3) is 0.364. The monoisotopic (exact) mass is 303 g/mol. The molecule has 0 aromatic heterocycles. The van der Waals surface area contributed by atoms with Crippen molar-refractivity contribution in [2.45, 2.75) is 17.7 Å². The molecule has 0 bridgehead atoms. The fourth-order valence-electron chi connectivity index (χ4n) is 1.15. The second-order valence-electron chi connectivity index (χ2n) is 3.21. The van der Waals surface area contributed by atoms with Crippen LogP contribution in [0.5, 0.6) is 0 Å². The van der Waals surface area contributed by atoms with Gasteiger partial charge in [-0.05, 0) is 30.4 Å². The molecule has 0 heterocycles. The van der Waals surface area contributed by atoms with Gasteiger partial charge < -0.3 is 10.5 Å². The van der Waals surface area contributed by atoms with Crippen LogP contribution in [0.25, 0.3) is 0 Å². The Bertz CT molecular complexity index is 371. The molecule has 16 heavy (non-hydrogen) atoms. The summed E-state index contributed by atoms with van der Waals surface area (Å²) in [4.78, 5) is 11.9. The zero-order chi connectivity index (χ0) is 12.0. The van der Waals surface area contributed by atoms with E-state index in [1.807, 2.05) is 18.2 Å². The third kappa shape index (κ3) is 4.45. The lowest BCUT2D eigenvalue weighted by molar-refractivity contribution is -0.140. The maximum Gasteiger partial charge on any atom is 0.305 e. The van der Waals surface area contributed by atoms with Gasteiger partial charge in [0.25, 0.3) is 0 Å². The minimum Gasteiger partial charge on any atom is -0.469 e. The molecule has 1 rings (SSSR count). The van der Waals surface area contributed by atoms with Gasteiger partial charge in [-0.3, -0.25) is 4.79 Å². The topological polar surface area (TPSA) is 52.3 Å². The molecule has 0 saturated heterocycles. The van der Waals surface area contributed by atoms with Gasteiger partial charge in [0, 0.05) is 21.5 Å². The highest BCUT2D eigenvalue weighted by atomic mass is 79.9. The number of carbonyl (C=O) groups is 1. The molecular weight excluding hydrogens is 290 g/mol. The van der Waals surface area contributed by atoms with Crippen LogP contribution in [0.15, 0.2) is 27.6 Å². The first-order valence-corrected chi connectivity index (χ1v) is 6.66. The van der Waals surface area contributed by atoms with E-state index < -0.39 is 0 Å². The summed E-state index contributed by atoms with van der Waals surface area (Å²) in [5.41, 5.74) is 6.61. The second-order valence-corrected chi connectivity index (χ2v) is 5.26. The van der Waals surface area contributed by atoms with Crippen LogP contribution in [0.2, 0.25) is 0 Å². The number of hydrogen-bond acceptors (Lipinski definition) is 4. The van der Waals surface area contributed by atoms with Gasteiger partial charge >= 0.3 is 5.97 Å². The lowest BCUT2D eigenvalue weighted by atomic mass is 10.3. The number of nitrogen functional groups attached to an aromatic ring is 1. The predicted octanol–water partition coefficient (Wildman–Crippen LogP) is 3.08. The number of hydrogen-bond donors (Lipinski definition) is 1. The predicted molar refractivity (Wildman–Crippen MR) is 70.5 cm³/mol. The Balaban J connectivity index is 2.35. The van der Waals surface area contributed by atoms with Crippen LogP contribution in [0.3, 0.4) is 0 Å². The smallest absolute Gasteiger partial charge is 0.305 e. The molecule has 1 aromatic carbocycles. The average Bonchev–Trinajstić information content (AvgIpc) is 2.26. The molecule has 3 nitrogen and oxygen atoms in total. The number of ether oxygens (including phenoxy) is 1. The van der Waals surface area contributed by atoms with Gasteiger partial charge in [-0.15, -0.1) is 11.8 Å². The van der Waals surface area contributed by atoms with Gasteiger partial charge in [0.15, 0.2) is 0 Å². The van der Waals surface area contributed by atoms with E-state index in [9.17, 15) is 4.79 Å². The summed E-state index contributed by atoms with van der Waals surface area (Å²) < 4.78 is 5.54. The van der Waals surface area contributed by atoms with Crippen molar-refractivity contribution in [1.29, 1.82) is 0 Å². The lowest BCUT2D eigenvalue weighted by Gasteiger charge is -2.05. The summed E-state index contributed by atoms with van der Waals surface area (Å²) in [6.45, 7) is 0. The number of anilines is 1. The van der Waals surface area contributed by atoms with Crippen molar-refractivity contribution in [3.63, 3.8) is 0 Å². The Morgan fingerprint density at radius 1 is 1.56 bits per heavy atom. The molecule has 0 saturated carbocycles. The maximum absolute atomic E-state index is 10.9. The molecule has 0 unspecified atom stereocenters. The Labute approximate surface area is 108 Å². The fourth-order valence-corrected chi connectivity index (χ4v) is 2.43. The number of halogens is 1. The summed E-state index contributed by atoms with van der Waals surface area (Å²) in [5, 5.41) is 0. The van der Waals surface area contributed by atoms with E-state index in [-0.39, 0.29) is 5.97 Å². The molecule has 88 valence electrons. The highest BCUT2D eigenvalue weighted by Crippen LogP contribution is 2.28. The van der Waals surface area contributed by atoms with E-state index in [1.165, 1.54) is 7.11 Å². The molecule has 0 aliphatic rings. The van der Waals surface area contributed by atoms with Crippen LogP contribution in [-0.2, 0) is 9.53 Å². The summed E-state index contributed by atoms with van der Waals surface area (Å²) in [6, 6.07) is 5.81. The number of rotatable bonds is 5. The van der Waals surface area contributed by atoms with E-state index in [4.69, 9.17) is 5.73 Å². The molecule has 0 aliphatic carbocycles. The van der Waals surface area contributed by atoms with Gasteiger partial charge in [0.1, 0.15) is 0 Å². The molecule has 5 heteroatoms. The van der Waals surface area contributed by atoms with Gasteiger partial charge in [-0.25, -0.2) is 0 Å². The van der Waals surface area contributed by atoms with Crippen LogP contribution in [-0.4, -0.2) is 18.8 Å². The standard InChI is InChI=1S/C11H14BrNO2S/c1-15-11(14)3-2-6-16-10-5-4-8(12)7-9(10)13/h4-5,7H,2-3,6,13H2,1H3. The van der Waals surface area contributed by atoms with Crippen LogP contribution >= 0.6 is 27.7 Å². The van der Waals surface area contributed by atoms with Gasteiger partial charge in [0.05, 0.1) is 7.11 Å². The summed E-state index contributed by atoms with van der Waals surface area (Å²) >= 11 is 5.01. The Morgan fingerprint density at radius 3 is 2.94 bits per heavy atom. The number of methoxy groups -OCH3 is 1. The van der Waals surface area contributed by atoms with Crippen molar-refractivity contribution in [1.82, 2.24) is 0 Å². The summed E-state index contributed by atoms with van der Waals surface area (Å²) in [6.07, 6.45) is 1.26. The molecular formula is C11H14BrNO2S. The molecule has 2 N–H and O–H groups in total. The Hall–Kier alpha value is -0.680. The van der Waals surface area contributed by atoms with Crippen molar-refractivity contribution in [3.05, 3.63) is 22.7 Å². The second kappa shape index (κ2) is 6.81. The molecule has 0 atom stereocenters. The molecule has 0 fully saturated rings. The maximum atomic E-state index is 10.9. The number of nitrogens with two attached hydrogens (primary N) is 1. The average molecular weight is 304 g/mol. The molecule has 0 spiro atoms. The van der Waals surface area contributed by atoms with Gasteiger partial charge in [-0.2, -0.15) is 0 Å². The molecule has 0 amide bonds. The first-order valence-electron chi connectivity index (χ1n) is 4.88. The van der Waals surface area contributed by atoms with E-state index in [0.29, 0.717) is 6.42 Å². The zero-order valence-electron chi connectivity index (χ0n) is 9.03. The van der Waals surface area contributed by atoms with Crippen LogP contribution in [0.4, 0.5) is 5.69 Å². The minimum absolute atomic E-state index is 0.163. The summed E-state index contributed by atoms with van der Waals surface area (Å²) in [5.74, 6) is 0.699. The highest BCUT2D eigenvalue weighted by Gasteiger charge is 2.03. The number of carbonyl (C=O) groups excluding carboxylic acids is 1. The first-order chi connectivity index (χ1) is 7.63. The van der Waals surface area contributed by atoms with Crippen molar-refractivity contribution < 1.29 is 9.53 Å².